The second kappa shape index (κ2) is 13.3. The Hall–Kier alpha value is -0.820. The molecule has 0 saturated heterocycles. The second-order valence-corrected chi connectivity index (χ2v) is 12.0. The Morgan fingerprint density at radius 1 is 1.03 bits per heavy atom. The highest BCUT2D eigenvalue weighted by atomic mass is 32.8. The minimum absolute atomic E-state index is 0. The SMILES string of the molecule is C.CC.Cc1ccc(SOCC2CCC3C4CCC5N(C)C(=O)C=CC5(C)C4CCC23C)cc1.S=S. The smallest absolute Gasteiger partial charge is 0.246 e. The Bertz CT molecular complexity index is 891. The standard InChI is InChI=1S/C27H37NO2S.C2H6.CH4.S2/c1-18-5-8-20(9-6-18)31-30-17-19-7-11-22-21-10-12-24-27(3,16-14-25(29)28(24)4)23(21)13-15-26(19,22)2;1-2;;1-2/h5-6,8-9,14,16,19,21-24H,7,10-13,15,17H2,1-4H3;1-2H3;1H4;. The molecule has 36 heavy (non-hydrogen) atoms. The Morgan fingerprint density at radius 3 is 2.36 bits per heavy atom. The van der Waals surface area contributed by atoms with Crippen LogP contribution in [0, 0.1) is 41.4 Å². The van der Waals surface area contributed by atoms with Gasteiger partial charge in [-0.15, -0.1) is 0 Å². The lowest BCUT2D eigenvalue weighted by molar-refractivity contribution is -0.139. The minimum Gasteiger partial charge on any atom is -0.338 e. The Balaban J connectivity index is 0.000000871. The number of amides is 1. The molecule has 6 heteroatoms. The van der Waals surface area contributed by atoms with Gasteiger partial charge < -0.3 is 9.08 Å². The van der Waals surface area contributed by atoms with Gasteiger partial charge in [-0.25, -0.2) is 0 Å². The van der Waals surface area contributed by atoms with Gasteiger partial charge in [-0.2, -0.15) is 0 Å². The van der Waals surface area contributed by atoms with E-state index in [0.717, 1.165) is 24.9 Å². The van der Waals surface area contributed by atoms with Gasteiger partial charge in [0.1, 0.15) is 0 Å². The van der Waals surface area contributed by atoms with Crippen molar-refractivity contribution in [2.24, 2.45) is 34.5 Å². The maximum Gasteiger partial charge on any atom is 0.246 e. The molecule has 7 unspecified atom stereocenters. The summed E-state index contributed by atoms with van der Waals surface area (Å²) in [6, 6.07) is 9.00. The number of aryl methyl sites for hydroxylation is 1. The van der Waals surface area contributed by atoms with Crippen molar-refractivity contribution in [3.8, 4) is 0 Å². The summed E-state index contributed by atoms with van der Waals surface area (Å²) in [4.78, 5) is 15.5. The average Bonchev–Trinajstić information content (AvgIpc) is 3.22. The summed E-state index contributed by atoms with van der Waals surface area (Å²) in [5.74, 6) is 3.15. The molecule has 1 heterocycles. The highest BCUT2D eigenvalue weighted by Crippen LogP contribution is 2.65. The van der Waals surface area contributed by atoms with Crippen LogP contribution in [0.25, 0.3) is 0 Å². The van der Waals surface area contributed by atoms with Crippen molar-refractivity contribution in [1.29, 1.82) is 0 Å². The summed E-state index contributed by atoms with van der Waals surface area (Å²) in [6.07, 6.45) is 11.8. The zero-order valence-corrected chi connectivity index (χ0v) is 24.7. The molecule has 3 aliphatic carbocycles. The molecule has 1 amide bonds. The monoisotopic (exact) mass is 549 g/mol. The van der Waals surface area contributed by atoms with E-state index in [9.17, 15) is 4.79 Å². The molecule has 0 radical (unpaired) electrons. The largest absolute Gasteiger partial charge is 0.338 e. The molecule has 0 bridgehead atoms. The van der Waals surface area contributed by atoms with Gasteiger partial charge in [0.25, 0.3) is 0 Å². The van der Waals surface area contributed by atoms with Crippen molar-refractivity contribution >= 4 is 40.3 Å². The number of hydrogen-bond acceptors (Lipinski definition) is 5. The van der Waals surface area contributed by atoms with Crippen molar-refractivity contribution in [2.45, 2.75) is 91.5 Å². The molecular formula is C30H47NO2S3. The Kier molecular flexibility index (Phi) is 11.6. The molecule has 3 fully saturated rings. The molecule has 1 aromatic carbocycles. The van der Waals surface area contributed by atoms with Crippen LogP contribution in [0.15, 0.2) is 41.3 Å². The molecule has 5 rings (SSSR count). The van der Waals surface area contributed by atoms with Gasteiger partial charge in [0.15, 0.2) is 0 Å². The molecule has 0 aromatic heterocycles. The summed E-state index contributed by atoms with van der Waals surface area (Å²) in [6.45, 7) is 12.0. The van der Waals surface area contributed by atoms with Crippen LogP contribution in [-0.2, 0) is 31.4 Å². The molecule has 202 valence electrons. The highest BCUT2D eigenvalue weighted by molar-refractivity contribution is 8.07. The molecule has 4 aliphatic rings. The first kappa shape index (κ1) is 31.4. The van der Waals surface area contributed by atoms with Gasteiger partial charge in [-0.1, -0.05) is 58.9 Å². The van der Waals surface area contributed by atoms with Crippen molar-refractivity contribution in [1.82, 2.24) is 4.90 Å². The fourth-order valence-corrected chi connectivity index (χ4v) is 8.51. The Labute approximate surface area is 235 Å². The molecule has 0 N–H and O–H groups in total. The number of hydrogen-bond donors (Lipinski definition) is 0. The third-order valence-corrected chi connectivity index (χ3v) is 10.5. The summed E-state index contributed by atoms with van der Waals surface area (Å²) >= 11 is 8.88. The lowest BCUT2D eigenvalue weighted by Gasteiger charge is -2.60. The van der Waals surface area contributed by atoms with E-state index in [1.807, 2.05) is 31.9 Å². The molecule has 0 spiro atoms. The van der Waals surface area contributed by atoms with Crippen molar-refractivity contribution in [3.63, 3.8) is 0 Å². The molecule has 1 aromatic rings. The van der Waals surface area contributed by atoms with Gasteiger partial charge in [-0.05, 0) is 92.7 Å². The minimum atomic E-state index is 0. The second-order valence-electron chi connectivity index (χ2n) is 11.1. The van der Waals surface area contributed by atoms with E-state index in [4.69, 9.17) is 4.18 Å². The molecular weight excluding hydrogens is 503 g/mol. The Morgan fingerprint density at radius 2 is 1.69 bits per heavy atom. The third kappa shape index (κ3) is 5.77. The van der Waals surface area contributed by atoms with E-state index in [-0.39, 0.29) is 18.7 Å². The summed E-state index contributed by atoms with van der Waals surface area (Å²) in [5, 5.41) is 0. The van der Waals surface area contributed by atoms with E-state index >= 15 is 0 Å². The fraction of sp³-hybridized carbons (Fsp3) is 0.700. The normalized spacial score (nSPS) is 36.1. The first-order chi connectivity index (χ1) is 16.8. The van der Waals surface area contributed by atoms with Crippen molar-refractivity contribution in [2.75, 3.05) is 13.7 Å². The number of benzene rings is 1. The van der Waals surface area contributed by atoms with Crippen LogP contribution in [0.2, 0.25) is 0 Å². The van der Waals surface area contributed by atoms with Crippen LogP contribution >= 0.6 is 12.0 Å². The molecule has 3 nitrogen and oxygen atoms in total. The van der Waals surface area contributed by atoms with E-state index in [2.05, 4.69) is 73.5 Å². The summed E-state index contributed by atoms with van der Waals surface area (Å²) in [5.41, 5.74) is 1.83. The van der Waals surface area contributed by atoms with E-state index in [1.54, 1.807) is 12.0 Å². The van der Waals surface area contributed by atoms with Gasteiger partial charge >= 0.3 is 0 Å². The van der Waals surface area contributed by atoms with Crippen LogP contribution in [0.4, 0.5) is 0 Å². The molecule has 1 aliphatic heterocycles. The first-order valence-corrected chi connectivity index (χ1v) is 15.4. The topological polar surface area (TPSA) is 29.5 Å². The van der Waals surface area contributed by atoms with Crippen LogP contribution in [0.1, 0.15) is 79.2 Å². The van der Waals surface area contributed by atoms with E-state index in [1.165, 1.54) is 42.6 Å². The third-order valence-electron chi connectivity index (χ3n) is 9.77. The summed E-state index contributed by atoms with van der Waals surface area (Å²) < 4.78 is 6.19. The molecule has 7 atom stereocenters. The number of carbonyl (C=O) groups is 1. The zero-order chi connectivity index (χ0) is 25.8. The maximum absolute atomic E-state index is 12.3. The predicted molar refractivity (Wildman–Crippen MR) is 159 cm³/mol. The summed E-state index contributed by atoms with van der Waals surface area (Å²) in [7, 11) is 2.01. The number of rotatable bonds is 4. The van der Waals surface area contributed by atoms with Gasteiger partial charge in [0.2, 0.25) is 5.91 Å². The zero-order valence-electron chi connectivity index (χ0n) is 22.3. The highest BCUT2D eigenvalue weighted by Gasteiger charge is 2.60. The van der Waals surface area contributed by atoms with Gasteiger partial charge in [-0.3, -0.25) is 4.79 Å². The lowest BCUT2D eigenvalue weighted by Crippen LogP contribution is -2.59. The number of likely N-dealkylation sites (N-methyl/N-ethyl adjacent to an activating group) is 1. The maximum atomic E-state index is 12.3. The molecule has 3 saturated carbocycles. The predicted octanol–water partition coefficient (Wildman–Crippen LogP) is 7.93. The average molecular weight is 550 g/mol. The number of carbonyl (C=O) groups excluding carboxylic acids is 1. The quantitative estimate of drug-likeness (QED) is 0.356. The van der Waals surface area contributed by atoms with Gasteiger partial charge in [0, 0.05) is 57.8 Å². The van der Waals surface area contributed by atoms with Crippen molar-refractivity contribution < 1.29 is 8.98 Å². The first-order valence-electron chi connectivity index (χ1n) is 13.3. The van der Waals surface area contributed by atoms with Gasteiger partial charge in [0.05, 0.1) is 6.61 Å². The number of fused-ring (bicyclic) bond motifs is 5. The van der Waals surface area contributed by atoms with Crippen LogP contribution in [0.5, 0.6) is 0 Å². The van der Waals surface area contributed by atoms with E-state index < -0.39 is 0 Å². The fourth-order valence-electron chi connectivity index (χ4n) is 7.90. The number of nitrogens with zero attached hydrogens (tertiary/aromatic N) is 1. The van der Waals surface area contributed by atoms with Crippen molar-refractivity contribution in [3.05, 3.63) is 42.0 Å². The van der Waals surface area contributed by atoms with Crippen LogP contribution in [-0.4, -0.2) is 30.5 Å². The van der Waals surface area contributed by atoms with Crippen LogP contribution < -0.4 is 0 Å². The van der Waals surface area contributed by atoms with Crippen LogP contribution in [0.3, 0.4) is 0 Å². The van der Waals surface area contributed by atoms with E-state index in [0.29, 0.717) is 23.3 Å². The lowest BCUT2D eigenvalue weighted by atomic mass is 9.48.